The standard InChI is InChI=1S/C12H22N4S/c1-3-7-13-12-15-14-11(17-12)9-16(4-2)8-10-5-6-10/h10H,3-9H2,1-2H3,(H,13,15). The van der Waals surface area contributed by atoms with E-state index in [-0.39, 0.29) is 0 Å². The van der Waals surface area contributed by atoms with Crippen molar-refractivity contribution in [1.82, 2.24) is 15.1 Å². The molecule has 96 valence electrons. The molecule has 0 bridgehead atoms. The van der Waals surface area contributed by atoms with E-state index in [4.69, 9.17) is 0 Å². The minimum absolute atomic E-state index is 0.945. The molecule has 4 nitrogen and oxygen atoms in total. The Kier molecular flexibility index (Phi) is 4.74. The molecule has 1 aromatic rings. The number of nitrogens with one attached hydrogen (secondary N) is 1. The van der Waals surface area contributed by atoms with Gasteiger partial charge in [0.1, 0.15) is 5.01 Å². The number of nitrogens with zero attached hydrogens (tertiary/aromatic N) is 3. The molecule has 5 heteroatoms. The number of anilines is 1. The normalized spacial score (nSPS) is 15.5. The van der Waals surface area contributed by atoms with Crippen molar-refractivity contribution >= 4 is 16.5 Å². The zero-order valence-electron chi connectivity index (χ0n) is 10.8. The van der Waals surface area contributed by atoms with Crippen molar-refractivity contribution in [1.29, 1.82) is 0 Å². The average molecular weight is 254 g/mol. The van der Waals surface area contributed by atoms with Gasteiger partial charge in [-0.3, -0.25) is 4.90 Å². The lowest BCUT2D eigenvalue weighted by molar-refractivity contribution is 0.267. The summed E-state index contributed by atoms with van der Waals surface area (Å²) < 4.78 is 0. The maximum atomic E-state index is 4.25. The van der Waals surface area contributed by atoms with Crippen LogP contribution in [0.1, 0.15) is 38.1 Å². The summed E-state index contributed by atoms with van der Waals surface area (Å²) in [6.07, 6.45) is 3.95. The number of rotatable bonds is 8. The highest BCUT2D eigenvalue weighted by Crippen LogP contribution is 2.30. The second kappa shape index (κ2) is 6.31. The Morgan fingerprint density at radius 3 is 2.82 bits per heavy atom. The molecular weight excluding hydrogens is 232 g/mol. The van der Waals surface area contributed by atoms with Crippen molar-refractivity contribution in [2.75, 3.05) is 25.0 Å². The van der Waals surface area contributed by atoms with Crippen LogP contribution >= 0.6 is 11.3 Å². The number of hydrogen-bond acceptors (Lipinski definition) is 5. The molecule has 0 aromatic carbocycles. The molecule has 1 N–H and O–H groups in total. The summed E-state index contributed by atoms with van der Waals surface area (Å²) in [6.45, 7) is 8.65. The van der Waals surface area contributed by atoms with Gasteiger partial charge in [-0.1, -0.05) is 25.2 Å². The first-order chi connectivity index (χ1) is 8.31. The monoisotopic (exact) mass is 254 g/mol. The van der Waals surface area contributed by atoms with E-state index < -0.39 is 0 Å². The predicted octanol–water partition coefficient (Wildman–Crippen LogP) is 2.59. The van der Waals surface area contributed by atoms with Crippen LogP contribution in [0.3, 0.4) is 0 Å². The lowest BCUT2D eigenvalue weighted by atomic mass is 10.3. The van der Waals surface area contributed by atoms with Gasteiger partial charge in [-0.05, 0) is 31.7 Å². The van der Waals surface area contributed by atoms with E-state index >= 15 is 0 Å². The van der Waals surface area contributed by atoms with Crippen LogP contribution in [0.2, 0.25) is 0 Å². The summed E-state index contributed by atoms with van der Waals surface area (Å²) in [6, 6.07) is 0. The second-order valence-corrected chi connectivity index (χ2v) is 5.76. The molecule has 1 fully saturated rings. The van der Waals surface area contributed by atoms with Crippen molar-refractivity contribution in [3.63, 3.8) is 0 Å². The van der Waals surface area contributed by atoms with E-state index in [2.05, 4.69) is 34.3 Å². The predicted molar refractivity (Wildman–Crippen MR) is 72.4 cm³/mol. The van der Waals surface area contributed by atoms with Crippen LogP contribution in [0.15, 0.2) is 0 Å². The Morgan fingerprint density at radius 2 is 2.18 bits per heavy atom. The summed E-state index contributed by atoms with van der Waals surface area (Å²) in [5, 5.41) is 13.8. The van der Waals surface area contributed by atoms with Gasteiger partial charge in [-0.15, -0.1) is 10.2 Å². The summed E-state index contributed by atoms with van der Waals surface area (Å²) in [4.78, 5) is 2.47. The van der Waals surface area contributed by atoms with Crippen molar-refractivity contribution in [3.05, 3.63) is 5.01 Å². The highest BCUT2D eigenvalue weighted by molar-refractivity contribution is 7.15. The van der Waals surface area contributed by atoms with Crippen LogP contribution in [0, 0.1) is 5.92 Å². The van der Waals surface area contributed by atoms with Crippen LogP contribution in [0.25, 0.3) is 0 Å². The third-order valence-corrected chi connectivity index (χ3v) is 3.88. The third-order valence-electron chi connectivity index (χ3n) is 3.01. The quantitative estimate of drug-likeness (QED) is 0.774. The van der Waals surface area contributed by atoms with Gasteiger partial charge in [-0.25, -0.2) is 0 Å². The number of hydrogen-bond donors (Lipinski definition) is 1. The van der Waals surface area contributed by atoms with Gasteiger partial charge >= 0.3 is 0 Å². The molecule has 0 unspecified atom stereocenters. The van der Waals surface area contributed by atoms with Crippen molar-refractivity contribution < 1.29 is 0 Å². The average Bonchev–Trinajstić information content (AvgIpc) is 3.04. The van der Waals surface area contributed by atoms with Crippen molar-refractivity contribution in [2.24, 2.45) is 5.92 Å². The Balaban J connectivity index is 1.81. The van der Waals surface area contributed by atoms with Crippen LogP contribution in [-0.4, -0.2) is 34.7 Å². The highest BCUT2D eigenvalue weighted by Gasteiger charge is 2.24. The van der Waals surface area contributed by atoms with Gasteiger partial charge in [0.05, 0.1) is 6.54 Å². The minimum atomic E-state index is 0.945. The van der Waals surface area contributed by atoms with E-state index in [1.54, 1.807) is 11.3 Å². The summed E-state index contributed by atoms with van der Waals surface area (Å²) in [7, 11) is 0. The van der Waals surface area contributed by atoms with Gasteiger partial charge in [-0.2, -0.15) is 0 Å². The molecule has 1 saturated carbocycles. The Morgan fingerprint density at radius 1 is 1.35 bits per heavy atom. The molecule has 2 rings (SSSR count). The SMILES string of the molecule is CCCNc1nnc(CN(CC)CC2CC2)s1. The van der Waals surface area contributed by atoms with E-state index in [1.807, 2.05) is 0 Å². The molecule has 0 spiro atoms. The topological polar surface area (TPSA) is 41.1 Å². The largest absolute Gasteiger partial charge is 0.360 e. The van der Waals surface area contributed by atoms with Crippen molar-refractivity contribution in [3.8, 4) is 0 Å². The van der Waals surface area contributed by atoms with Gasteiger partial charge in [0.25, 0.3) is 0 Å². The molecule has 0 saturated heterocycles. The lowest BCUT2D eigenvalue weighted by Gasteiger charge is -2.17. The first-order valence-corrected chi connectivity index (χ1v) is 7.42. The summed E-state index contributed by atoms with van der Waals surface area (Å²) in [5.41, 5.74) is 0. The highest BCUT2D eigenvalue weighted by atomic mass is 32.1. The van der Waals surface area contributed by atoms with Crippen molar-refractivity contribution in [2.45, 2.75) is 39.7 Å². The van der Waals surface area contributed by atoms with E-state index in [9.17, 15) is 0 Å². The molecule has 0 radical (unpaired) electrons. The summed E-state index contributed by atoms with van der Waals surface area (Å²) in [5.74, 6) is 0.945. The van der Waals surface area contributed by atoms with Gasteiger partial charge in [0.15, 0.2) is 0 Å². The fourth-order valence-corrected chi connectivity index (χ4v) is 2.59. The molecule has 1 aromatic heterocycles. The maximum Gasteiger partial charge on any atom is 0.205 e. The van der Waals surface area contributed by atoms with E-state index in [0.29, 0.717) is 0 Å². The molecule has 0 atom stereocenters. The zero-order chi connectivity index (χ0) is 12.1. The van der Waals surface area contributed by atoms with Crippen LogP contribution in [0.4, 0.5) is 5.13 Å². The third kappa shape index (κ3) is 4.24. The fourth-order valence-electron chi connectivity index (χ4n) is 1.78. The molecular formula is C12H22N4S. The molecule has 1 aliphatic carbocycles. The molecule has 17 heavy (non-hydrogen) atoms. The van der Waals surface area contributed by atoms with Crippen LogP contribution in [-0.2, 0) is 6.54 Å². The summed E-state index contributed by atoms with van der Waals surface area (Å²) >= 11 is 1.69. The van der Waals surface area contributed by atoms with E-state index in [1.165, 1.54) is 19.4 Å². The number of aromatic nitrogens is 2. The van der Waals surface area contributed by atoms with Gasteiger partial charge < -0.3 is 5.32 Å². The maximum absolute atomic E-state index is 4.25. The fraction of sp³-hybridized carbons (Fsp3) is 0.833. The molecule has 1 aliphatic rings. The molecule has 0 aliphatic heterocycles. The first kappa shape index (κ1) is 12.8. The molecule has 1 heterocycles. The van der Waals surface area contributed by atoms with Gasteiger partial charge in [0.2, 0.25) is 5.13 Å². The molecule has 0 amide bonds. The van der Waals surface area contributed by atoms with Gasteiger partial charge in [0, 0.05) is 13.1 Å². The smallest absolute Gasteiger partial charge is 0.205 e. The first-order valence-electron chi connectivity index (χ1n) is 6.60. The zero-order valence-corrected chi connectivity index (χ0v) is 11.6. The lowest BCUT2D eigenvalue weighted by Crippen LogP contribution is -2.25. The Bertz CT molecular complexity index is 335. The Hall–Kier alpha value is -0.680. The Labute approximate surface area is 107 Å². The van der Waals surface area contributed by atoms with Crippen LogP contribution < -0.4 is 5.32 Å². The van der Waals surface area contributed by atoms with Crippen LogP contribution in [0.5, 0.6) is 0 Å². The van der Waals surface area contributed by atoms with E-state index in [0.717, 1.165) is 42.1 Å². The minimum Gasteiger partial charge on any atom is -0.360 e. The second-order valence-electron chi connectivity index (χ2n) is 4.70.